The second-order valence-electron chi connectivity index (χ2n) is 17.6. The summed E-state index contributed by atoms with van der Waals surface area (Å²) in [6.45, 7) is 9.50. The topological polar surface area (TPSA) is 29.5 Å². The molecular weight excluding hydrogens is 739 g/mol. The zero-order valence-corrected chi connectivity index (χ0v) is 34.3. The zero-order valence-electron chi connectivity index (χ0n) is 33.5. The van der Waals surface area contributed by atoms with Crippen molar-refractivity contribution in [3.05, 3.63) is 175 Å². The van der Waals surface area contributed by atoms with E-state index >= 15 is 0 Å². The van der Waals surface area contributed by atoms with Gasteiger partial charge in [-0.2, -0.15) is 0 Å². The first-order valence-electron chi connectivity index (χ1n) is 20.5. The Kier molecular flexibility index (Phi) is 7.26. The molecule has 0 N–H and O–H groups in total. The Balaban J connectivity index is 1.04. The van der Waals surface area contributed by atoms with Crippen molar-refractivity contribution in [3.8, 4) is 22.3 Å². The third-order valence-electron chi connectivity index (χ3n) is 12.8. The Morgan fingerprint density at radius 2 is 1.07 bits per heavy atom. The van der Waals surface area contributed by atoms with E-state index < -0.39 is 0 Å². The van der Waals surface area contributed by atoms with Crippen molar-refractivity contribution in [2.45, 2.75) is 44.9 Å². The maximum Gasteiger partial charge on any atom is 0.136 e. The van der Waals surface area contributed by atoms with Gasteiger partial charge in [0, 0.05) is 58.7 Å². The van der Waals surface area contributed by atoms with Crippen LogP contribution < -0.4 is 4.90 Å². The molecule has 8 aromatic carbocycles. The van der Waals surface area contributed by atoms with Gasteiger partial charge in [0.05, 0.1) is 5.69 Å². The average molecular weight is 780 g/mol. The molecular formula is C55H41NO2S. The van der Waals surface area contributed by atoms with Gasteiger partial charge in [-0.1, -0.05) is 119 Å². The molecule has 0 spiro atoms. The monoisotopic (exact) mass is 779 g/mol. The molecule has 1 aliphatic rings. The molecule has 0 radical (unpaired) electrons. The van der Waals surface area contributed by atoms with Crippen molar-refractivity contribution in [1.29, 1.82) is 0 Å². The van der Waals surface area contributed by atoms with E-state index in [-0.39, 0.29) is 10.8 Å². The number of para-hydroxylation sites is 2. The smallest absolute Gasteiger partial charge is 0.136 e. The van der Waals surface area contributed by atoms with Crippen LogP contribution in [0.5, 0.6) is 0 Å². The molecule has 284 valence electrons. The molecule has 0 amide bonds. The van der Waals surface area contributed by atoms with Gasteiger partial charge in [0.1, 0.15) is 22.3 Å². The summed E-state index contributed by atoms with van der Waals surface area (Å²) in [5.74, 6) is 0. The maximum absolute atomic E-state index is 6.65. The summed E-state index contributed by atoms with van der Waals surface area (Å²) in [7, 11) is 0. The maximum atomic E-state index is 6.65. The van der Waals surface area contributed by atoms with E-state index in [1.54, 1.807) is 0 Å². The van der Waals surface area contributed by atoms with E-state index in [9.17, 15) is 0 Å². The molecule has 0 bridgehead atoms. The minimum absolute atomic E-state index is 0.0950. The van der Waals surface area contributed by atoms with Gasteiger partial charge in [0.15, 0.2) is 0 Å². The van der Waals surface area contributed by atoms with Crippen molar-refractivity contribution in [1.82, 2.24) is 0 Å². The number of hydrogen-bond donors (Lipinski definition) is 0. The average Bonchev–Trinajstić information content (AvgIpc) is 3.97. The summed E-state index contributed by atoms with van der Waals surface area (Å²) in [6, 6.07) is 59.6. The van der Waals surface area contributed by atoms with Crippen molar-refractivity contribution < 1.29 is 8.83 Å². The van der Waals surface area contributed by atoms with Crippen LogP contribution in [-0.2, 0) is 10.8 Å². The number of anilines is 3. The van der Waals surface area contributed by atoms with Gasteiger partial charge in [-0.15, -0.1) is 11.3 Å². The van der Waals surface area contributed by atoms with Gasteiger partial charge in [0.25, 0.3) is 0 Å². The van der Waals surface area contributed by atoms with Gasteiger partial charge >= 0.3 is 0 Å². The number of hydrogen-bond acceptors (Lipinski definition) is 4. The number of thiophene rings is 1. The second kappa shape index (κ2) is 12.4. The van der Waals surface area contributed by atoms with Crippen LogP contribution in [0.15, 0.2) is 173 Å². The third kappa shape index (κ3) is 5.26. The summed E-state index contributed by atoms with van der Waals surface area (Å²) in [6.07, 6.45) is 1.12. The molecule has 0 saturated carbocycles. The fourth-order valence-electron chi connectivity index (χ4n) is 10.4. The Morgan fingerprint density at radius 3 is 1.95 bits per heavy atom. The van der Waals surface area contributed by atoms with Crippen molar-refractivity contribution in [2.24, 2.45) is 0 Å². The lowest BCUT2D eigenvalue weighted by atomic mass is 9.82. The largest absolute Gasteiger partial charge is 0.456 e. The van der Waals surface area contributed by atoms with E-state index in [1.807, 2.05) is 23.5 Å². The predicted octanol–water partition coefficient (Wildman–Crippen LogP) is 16.6. The molecule has 0 fully saturated rings. The first-order valence-corrected chi connectivity index (χ1v) is 21.3. The minimum Gasteiger partial charge on any atom is -0.456 e. The van der Waals surface area contributed by atoms with E-state index in [0.717, 1.165) is 73.3 Å². The summed E-state index contributed by atoms with van der Waals surface area (Å²) in [4.78, 5) is 2.42. The van der Waals surface area contributed by atoms with Gasteiger partial charge in [-0.05, 0) is 118 Å². The second-order valence-corrected chi connectivity index (χ2v) is 18.7. The van der Waals surface area contributed by atoms with Crippen LogP contribution >= 0.6 is 11.3 Å². The quantitative estimate of drug-likeness (QED) is 0.174. The highest BCUT2D eigenvalue weighted by atomic mass is 32.1. The summed E-state index contributed by atoms with van der Waals surface area (Å²) in [5.41, 5.74) is 14.6. The fraction of sp³-hybridized carbons (Fsp3) is 0.127. The molecule has 59 heavy (non-hydrogen) atoms. The van der Waals surface area contributed by atoms with Crippen LogP contribution in [-0.4, -0.2) is 0 Å². The first kappa shape index (κ1) is 34.4. The lowest BCUT2D eigenvalue weighted by Gasteiger charge is -2.28. The van der Waals surface area contributed by atoms with E-state index in [0.29, 0.717) is 0 Å². The summed E-state index contributed by atoms with van der Waals surface area (Å²) in [5, 5.41) is 7.16. The fourth-order valence-corrected chi connectivity index (χ4v) is 11.6. The molecule has 3 heterocycles. The van der Waals surface area contributed by atoms with Crippen molar-refractivity contribution >= 4 is 92.4 Å². The highest BCUT2D eigenvalue weighted by Crippen LogP contribution is 2.52. The number of fused-ring (bicyclic) bond motifs is 10. The van der Waals surface area contributed by atoms with E-state index in [2.05, 4.69) is 184 Å². The molecule has 0 atom stereocenters. The lowest BCUT2D eigenvalue weighted by molar-refractivity contribution is 0.403. The molecule has 0 aliphatic heterocycles. The highest BCUT2D eigenvalue weighted by Gasteiger charge is 2.42. The predicted molar refractivity (Wildman–Crippen MR) is 250 cm³/mol. The molecule has 3 nitrogen and oxygen atoms in total. The standard InChI is InChI=1S/C55H41NO2S/c1-54(2)32-55(3,4)45-31-50-43(30-44(45)54)53-38(18-12-21-49(53)58-50)34-14-11-13-33(27-34)37-15-5-8-19-46(37)56(35-24-26-48-42(28-35)39-16-6-9-20-47(39)57-48)36-23-25-41-40-17-7-10-22-51(40)59-52(41)29-36/h5-31H,32H2,1-4H3. The SMILES string of the molecule is CC1(C)CC(C)(C)c2cc3c(cc21)oc1cccc(-c2cccc(-c4ccccc4N(c4ccc5c(c4)sc4ccccc45)c4ccc5oc6ccccc6c5c4)c2)c13. The van der Waals surface area contributed by atoms with Crippen LogP contribution in [0, 0.1) is 0 Å². The Bertz CT molecular complexity index is 3500. The van der Waals surface area contributed by atoms with Crippen LogP contribution in [0.4, 0.5) is 17.1 Å². The van der Waals surface area contributed by atoms with Gasteiger partial charge < -0.3 is 13.7 Å². The van der Waals surface area contributed by atoms with E-state index in [4.69, 9.17) is 8.83 Å². The molecule has 3 aromatic heterocycles. The molecule has 4 heteroatoms. The molecule has 0 unspecified atom stereocenters. The molecule has 11 aromatic rings. The zero-order chi connectivity index (χ0) is 39.6. The third-order valence-corrected chi connectivity index (χ3v) is 14.0. The number of furan rings is 2. The Labute approximate surface area is 346 Å². The number of benzene rings is 8. The number of rotatable bonds is 5. The molecule has 12 rings (SSSR count). The normalized spacial score (nSPS) is 14.6. The highest BCUT2D eigenvalue weighted by molar-refractivity contribution is 7.25. The minimum atomic E-state index is 0.0950. The Hall–Kier alpha value is -6.62. The van der Waals surface area contributed by atoms with Crippen molar-refractivity contribution in [2.75, 3.05) is 4.90 Å². The van der Waals surface area contributed by atoms with Crippen LogP contribution in [0.25, 0.3) is 86.3 Å². The first-order chi connectivity index (χ1) is 28.7. The lowest BCUT2D eigenvalue weighted by Crippen LogP contribution is -2.17. The molecule has 0 saturated heterocycles. The van der Waals surface area contributed by atoms with E-state index in [1.165, 1.54) is 47.6 Å². The van der Waals surface area contributed by atoms with Gasteiger partial charge in [-0.25, -0.2) is 0 Å². The van der Waals surface area contributed by atoms with Crippen LogP contribution in [0.3, 0.4) is 0 Å². The van der Waals surface area contributed by atoms with Crippen LogP contribution in [0.2, 0.25) is 0 Å². The van der Waals surface area contributed by atoms with Gasteiger partial charge in [0.2, 0.25) is 0 Å². The van der Waals surface area contributed by atoms with Crippen molar-refractivity contribution in [3.63, 3.8) is 0 Å². The Morgan fingerprint density at radius 1 is 0.441 bits per heavy atom. The number of nitrogens with zero attached hydrogens (tertiary/aromatic N) is 1. The summed E-state index contributed by atoms with van der Waals surface area (Å²) >= 11 is 1.85. The van der Waals surface area contributed by atoms with Crippen LogP contribution in [0.1, 0.15) is 45.2 Å². The molecule has 1 aliphatic carbocycles. The summed E-state index contributed by atoms with van der Waals surface area (Å²) < 4.78 is 15.5. The van der Waals surface area contributed by atoms with Gasteiger partial charge in [-0.3, -0.25) is 0 Å².